The van der Waals surface area contributed by atoms with E-state index >= 15 is 0 Å². The highest BCUT2D eigenvalue weighted by atomic mass is 16.6. The van der Waals surface area contributed by atoms with Crippen molar-refractivity contribution in [2.45, 2.75) is 59.1 Å². The molecule has 0 unspecified atom stereocenters. The molecule has 8 heteroatoms. The van der Waals surface area contributed by atoms with Gasteiger partial charge in [0.15, 0.2) is 0 Å². The number of rotatable bonds is 15. The van der Waals surface area contributed by atoms with E-state index in [4.69, 9.17) is 28.4 Å². The van der Waals surface area contributed by atoms with E-state index in [1.165, 1.54) is 0 Å². The maximum absolute atomic E-state index is 11.4. The Morgan fingerprint density at radius 2 is 1.34 bits per heavy atom. The average Bonchev–Trinajstić information content (AvgIpc) is 2.69. The van der Waals surface area contributed by atoms with Gasteiger partial charge >= 0.3 is 5.97 Å². The Labute approximate surface area is 176 Å². The van der Waals surface area contributed by atoms with Crippen molar-refractivity contribution in [1.29, 1.82) is 0 Å². The zero-order valence-electron chi connectivity index (χ0n) is 19.1. The fourth-order valence-electron chi connectivity index (χ4n) is 2.42. The minimum Gasteiger partial charge on any atom is -0.458 e. The van der Waals surface area contributed by atoms with Crippen LogP contribution in [-0.2, 0) is 33.2 Å². The molecule has 0 spiro atoms. The molecule has 29 heavy (non-hydrogen) atoms. The SMILES string of the molecule is CC.CC(C)(C)OC(=O)COCCOCCOCCOCCNC1CCOCC1. The number of ether oxygens (including phenoxy) is 6. The standard InChI is InChI=1S/C19H37NO7.C2H6/c1-19(2,3)27-18(21)16-26-15-14-25-13-12-24-11-10-23-9-6-20-17-4-7-22-8-5-17;1-2/h17,20H,4-16H2,1-3H3;1-2H3. The van der Waals surface area contributed by atoms with Gasteiger partial charge in [-0.05, 0) is 33.6 Å². The summed E-state index contributed by atoms with van der Waals surface area (Å²) >= 11 is 0. The summed E-state index contributed by atoms with van der Waals surface area (Å²) in [6, 6.07) is 0.559. The Morgan fingerprint density at radius 3 is 1.86 bits per heavy atom. The third-order valence-corrected chi connectivity index (χ3v) is 3.66. The monoisotopic (exact) mass is 421 g/mol. The van der Waals surface area contributed by atoms with E-state index in [0.717, 1.165) is 32.6 Å². The number of hydrogen-bond acceptors (Lipinski definition) is 8. The van der Waals surface area contributed by atoms with Gasteiger partial charge in [-0.25, -0.2) is 4.79 Å². The summed E-state index contributed by atoms with van der Waals surface area (Å²) in [5, 5.41) is 3.47. The van der Waals surface area contributed by atoms with Crippen LogP contribution in [0.3, 0.4) is 0 Å². The van der Waals surface area contributed by atoms with Crippen molar-refractivity contribution < 1.29 is 33.2 Å². The van der Waals surface area contributed by atoms with Gasteiger partial charge in [-0.3, -0.25) is 0 Å². The molecule has 0 aromatic heterocycles. The zero-order chi connectivity index (χ0) is 21.8. The number of hydrogen-bond donors (Lipinski definition) is 1. The summed E-state index contributed by atoms with van der Waals surface area (Å²) in [5.41, 5.74) is -0.487. The van der Waals surface area contributed by atoms with Crippen LogP contribution in [-0.4, -0.2) is 90.2 Å². The summed E-state index contributed by atoms with van der Waals surface area (Å²) < 4.78 is 32.0. The van der Waals surface area contributed by atoms with Crippen LogP contribution in [0.2, 0.25) is 0 Å². The van der Waals surface area contributed by atoms with Crippen molar-refractivity contribution in [1.82, 2.24) is 5.32 Å². The van der Waals surface area contributed by atoms with Crippen LogP contribution in [0.25, 0.3) is 0 Å². The molecule has 0 aromatic rings. The van der Waals surface area contributed by atoms with Gasteiger partial charge in [-0.1, -0.05) is 13.8 Å². The van der Waals surface area contributed by atoms with E-state index in [1.807, 2.05) is 34.6 Å². The Kier molecular flexibility index (Phi) is 18.7. The molecule has 174 valence electrons. The Balaban J connectivity index is 0.00000379. The summed E-state index contributed by atoms with van der Waals surface area (Å²) in [6.07, 6.45) is 2.16. The molecular weight excluding hydrogens is 378 g/mol. The highest BCUT2D eigenvalue weighted by molar-refractivity contribution is 5.71. The third-order valence-electron chi connectivity index (χ3n) is 3.66. The van der Waals surface area contributed by atoms with Crippen molar-refractivity contribution >= 4 is 5.97 Å². The molecule has 1 N–H and O–H groups in total. The van der Waals surface area contributed by atoms with E-state index < -0.39 is 5.60 Å². The molecule has 0 amide bonds. The van der Waals surface area contributed by atoms with E-state index in [-0.39, 0.29) is 12.6 Å². The number of carbonyl (C=O) groups excluding carboxylic acids is 1. The maximum atomic E-state index is 11.4. The predicted octanol–water partition coefficient (Wildman–Crippen LogP) is 2.19. The van der Waals surface area contributed by atoms with Crippen LogP contribution in [0.1, 0.15) is 47.5 Å². The van der Waals surface area contributed by atoms with E-state index in [9.17, 15) is 4.79 Å². The minimum absolute atomic E-state index is 0.0577. The van der Waals surface area contributed by atoms with Gasteiger partial charge in [-0.15, -0.1) is 0 Å². The highest BCUT2D eigenvalue weighted by Gasteiger charge is 2.15. The van der Waals surface area contributed by atoms with Crippen molar-refractivity contribution in [2.24, 2.45) is 0 Å². The second kappa shape index (κ2) is 19.2. The molecule has 0 bridgehead atoms. The molecule has 1 aliphatic rings. The number of esters is 1. The van der Waals surface area contributed by atoms with Crippen LogP contribution in [0.5, 0.6) is 0 Å². The lowest BCUT2D eigenvalue weighted by molar-refractivity contribution is -0.160. The first kappa shape index (κ1) is 28.2. The topological polar surface area (TPSA) is 84.5 Å². The fraction of sp³-hybridized carbons (Fsp3) is 0.952. The van der Waals surface area contributed by atoms with Gasteiger partial charge in [0.2, 0.25) is 0 Å². The van der Waals surface area contributed by atoms with E-state index in [0.29, 0.717) is 52.3 Å². The molecule has 0 radical (unpaired) electrons. The maximum Gasteiger partial charge on any atom is 0.332 e. The van der Waals surface area contributed by atoms with Crippen molar-refractivity contribution in [3.05, 3.63) is 0 Å². The smallest absolute Gasteiger partial charge is 0.332 e. The molecule has 8 nitrogen and oxygen atoms in total. The van der Waals surface area contributed by atoms with Gasteiger partial charge in [0.1, 0.15) is 12.2 Å². The normalized spacial score (nSPS) is 14.9. The van der Waals surface area contributed by atoms with Crippen LogP contribution in [0, 0.1) is 0 Å². The minimum atomic E-state index is -0.487. The largest absolute Gasteiger partial charge is 0.458 e. The molecule has 0 saturated carbocycles. The predicted molar refractivity (Wildman–Crippen MR) is 112 cm³/mol. The Hall–Kier alpha value is -0.770. The molecule has 0 aromatic carbocycles. The van der Waals surface area contributed by atoms with E-state index in [2.05, 4.69) is 5.32 Å². The molecule has 0 aliphatic carbocycles. The average molecular weight is 422 g/mol. The summed E-state index contributed by atoms with van der Waals surface area (Å²) in [7, 11) is 0. The summed E-state index contributed by atoms with van der Waals surface area (Å²) in [5.74, 6) is -0.367. The van der Waals surface area contributed by atoms with Gasteiger partial charge in [0.05, 0.1) is 46.2 Å². The van der Waals surface area contributed by atoms with Gasteiger partial charge in [0.25, 0.3) is 0 Å². The summed E-state index contributed by atoms with van der Waals surface area (Å²) in [6.45, 7) is 15.6. The van der Waals surface area contributed by atoms with Gasteiger partial charge in [-0.2, -0.15) is 0 Å². The van der Waals surface area contributed by atoms with Crippen molar-refractivity contribution in [3.8, 4) is 0 Å². The quantitative estimate of drug-likeness (QED) is 0.318. The first-order chi connectivity index (χ1) is 14.0. The molecule has 1 heterocycles. The van der Waals surface area contributed by atoms with Crippen molar-refractivity contribution in [2.75, 3.05) is 72.6 Å². The Bertz CT molecular complexity index is 369. The van der Waals surface area contributed by atoms with Gasteiger partial charge < -0.3 is 33.7 Å². The molecule has 1 rings (SSSR count). The lowest BCUT2D eigenvalue weighted by atomic mass is 10.1. The Morgan fingerprint density at radius 1 is 0.862 bits per heavy atom. The molecular formula is C21H43NO7. The highest BCUT2D eigenvalue weighted by Crippen LogP contribution is 2.06. The van der Waals surface area contributed by atoms with Crippen molar-refractivity contribution in [3.63, 3.8) is 0 Å². The molecule has 1 fully saturated rings. The first-order valence-electron chi connectivity index (χ1n) is 10.8. The van der Waals surface area contributed by atoms with Gasteiger partial charge in [0, 0.05) is 25.8 Å². The number of nitrogens with one attached hydrogen (secondary N) is 1. The fourth-order valence-corrected chi connectivity index (χ4v) is 2.42. The second-order valence-electron chi connectivity index (χ2n) is 7.32. The zero-order valence-corrected chi connectivity index (χ0v) is 19.1. The second-order valence-corrected chi connectivity index (χ2v) is 7.32. The lowest BCUT2D eigenvalue weighted by Crippen LogP contribution is -2.36. The third kappa shape index (κ3) is 20.3. The van der Waals surface area contributed by atoms with Crippen LogP contribution in [0.4, 0.5) is 0 Å². The van der Waals surface area contributed by atoms with E-state index in [1.54, 1.807) is 0 Å². The molecule has 1 saturated heterocycles. The van der Waals surface area contributed by atoms with Crippen LogP contribution < -0.4 is 5.32 Å². The first-order valence-corrected chi connectivity index (χ1v) is 10.8. The molecule has 1 aliphatic heterocycles. The number of carbonyl (C=O) groups is 1. The van der Waals surface area contributed by atoms with Crippen LogP contribution in [0.15, 0.2) is 0 Å². The van der Waals surface area contributed by atoms with Crippen LogP contribution >= 0.6 is 0 Å². The lowest BCUT2D eigenvalue weighted by Gasteiger charge is -2.23. The molecule has 0 atom stereocenters. The summed E-state index contributed by atoms with van der Waals surface area (Å²) in [4.78, 5) is 11.4.